The molecule has 0 saturated carbocycles. The van der Waals surface area contributed by atoms with Crippen molar-refractivity contribution < 1.29 is 4.79 Å². The first-order valence-corrected chi connectivity index (χ1v) is 5.74. The number of rotatable bonds is 5. The minimum atomic E-state index is 0.553. The zero-order valence-electron chi connectivity index (χ0n) is 9.52. The molecule has 3 nitrogen and oxygen atoms in total. The van der Waals surface area contributed by atoms with Crippen molar-refractivity contribution in [2.45, 2.75) is 32.7 Å². The van der Waals surface area contributed by atoms with Crippen LogP contribution in [0.2, 0.25) is 0 Å². The lowest BCUT2D eigenvalue weighted by Gasteiger charge is -2.05. The second-order valence-corrected chi connectivity index (χ2v) is 3.87. The SMILES string of the molecule is CCCc1nc2ccccc2n1CCC=O. The van der Waals surface area contributed by atoms with E-state index in [-0.39, 0.29) is 0 Å². The number of aromatic nitrogens is 2. The summed E-state index contributed by atoms with van der Waals surface area (Å²) in [6.07, 6.45) is 3.56. The van der Waals surface area contributed by atoms with Gasteiger partial charge in [0.25, 0.3) is 0 Å². The smallest absolute Gasteiger partial charge is 0.121 e. The van der Waals surface area contributed by atoms with Gasteiger partial charge in [-0.2, -0.15) is 0 Å². The molecule has 84 valence electrons. The summed E-state index contributed by atoms with van der Waals surface area (Å²) in [7, 11) is 0. The molecule has 0 radical (unpaired) electrons. The number of carbonyl (C=O) groups excluding carboxylic acids is 1. The zero-order valence-corrected chi connectivity index (χ0v) is 9.52. The Hall–Kier alpha value is -1.64. The van der Waals surface area contributed by atoms with Crippen LogP contribution in [-0.2, 0) is 17.8 Å². The molecule has 0 fully saturated rings. The summed E-state index contributed by atoms with van der Waals surface area (Å²) in [5.74, 6) is 1.09. The van der Waals surface area contributed by atoms with E-state index in [9.17, 15) is 4.79 Å². The first kappa shape index (κ1) is 10.9. The highest BCUT2D eigenvalue weighted by Crippen LogP contribution is 2.17. The molecule has 2 rings (SSSR count). The Kier molecular flexibility index (Phi) is 3.34. The van der Waals surface area contributed by atoms with E-state index in [0.717, 1.165) is 42.5 Å². The molecule has 0 spiro atoms. The summed E-state index contributed by atoms with van der Waals surface area (Å²) in [6, 6.07) is 8.09. The molecule has 0 bridgehead atoms. The molecule has 2 aromatic rings. The van der Waals surface area contributed by atoms with Crippen molar-refractivity contribution in [2.24, 2.45) is 0 Å². The third kappa shape index (κ3) is 1.98. The molecule has 0 aliphatic heterocycles. The van der Waals surface area contributed by atoms with Crippen molar-refractivity contribution in [3.8, 4) is 0 Å². The van der Waals surface area contributed by atoms with Gasteiger partial charge >= 0.3 is 0 Å². The van der Waals surface area contributed by atoms with Crippen molar-refractivity contribution in [1.29, 1.82) is 0 Å². The Morgan fingerprint density at radius 3 is 2.94 bits per heavy atom. The Morgan fingerprint density at radius 2 is 2.19 bits per heavy atom. The molecule has 0 N–H and O–H groups in total. The lowest BCUT2D eigenvalue weighted by Crippen LogP contribution is -2.04. The van der Waals surface area contributed by atoms with Crippen LogP contribution in [0.25, 0.3) is 11.0 Å². The van der Waals surface area contributed by atoms with Gasteiger partial charge in [-0.15, -0.1) is 0 Å². The van der Waals surface area contributed by atoms with Crippen molar-refractivity contribution in [2.75, 3.05) is 0 Å². The van der Waals surface area contributed by atoms with E-state index in [1.165, 1.54) is 0 Å². The number of imidazole rings is 1. The van der Waals surface area contributed by atoms with E-state index in [1.54, 1.807) is 0 Å². The van der Waals surface area contributed by atoms with Crippen LogP contribution in [0.5, 0.6) is 0 Å². The Labute approximate surface area is 95.1 Å². The Bertz CT molecular complexity index is 488. The van der Waals surface area contributed by atoms with Crippen LogP contribution in [0.1, 0.15) is 25.6 Å². The van der Waals surface area contributed by atoms with Crippen LogP contribution < -0.4 is 0 Å². The number of carbonyl (C=O) groups is 1. The number of benzene rings is 1. The van der Waals surface area contributed by atoms with Gasteiger partial charge in [0, 0.05) is 19.4 Å². The van der Waals surface area contributed by atoms with Crippen LogP contribution >= 0.6 is 0 Å². The molecule has 1 aromatic carbocycles. The minimum Gasteiger partial charge on any atom is -0.328 e. The molecular formula is C13H16N2O. The fourth-order valence-corrected chi connectivity index (χ4v) is 1.97. The average molecular weight is 216 g/mol. The standard InChI is InChI=1S/C13H16N2O/c1-2-6-13-14-11-7-3-4-8-12(11)15(13)9-5-10-16/h3-4,7-8,10H,2,5-6,9H2,1H3. The Balaban J connectivity index is 2.46. The van der Waals surface area contributed by atoms with Crippen molar-refractivity contribution in [1.82, 2.24) is 9.55 Å². The molecular weight excluding hydrogens is 200 g/mol. The molecule has 0 atom stereocenters. The number of fused-ring (bicyclic) bond motifs is 1. The molecule has 0 unspecified atom stereocenters. The van der Waals surface area contributed by atoms with Gasteiger partial charge in [0.2, 0.25) is 0 Å². The predicted molar refractivity (Wildman–Crippen MR) is 64.4 cm³/mol. The van der Waals surface area contributed by atoms with E-state index in [1.807, 2.05) is 18.2 Å². The molecule has 1 heterocycles. The molecule has 0 aliphatic carbocycles. The average Bonchev–Trinajstić information content (AvgIpc) is 2.65. The maximum Gasteiger partial charge on any atom is 0.121 e. The van der Waals surface area contributed by atoms with E-state index >= 15 is 0 Å². The normalized spacial score (nSPS) is 10.8. The monoisotopic (exact) mass is 216 g/mol. The maximum absolute atomic E-state index is 10.5. The van der Waals surface area contributed by atoms with E-state index < -0.39 is 0 Å². The largest absolute Gasteiger partial charge is 0.328 e. The molecule has 0 amide bonds. The first-order chi connectivity index (χ1) is 7.86. The van der Waals surface area contributed by atoms with Crippen molar-refractivity contribution >= 4 is 17.3 Å². The summed E-state index contributed by atoms with van der Waals surface area (Å²) < 4.78 is 2.16. The van der Waals surface area contributed by atoms with Crippen LogP contribution in [0.3, 0.4) is 0 Å². The fourth-order valence-electron chi connectivity index (χ4n) is 1.97. The van der Waals surface area contributed by atoms with Crippen LogP contribution in [0.4, 0.5) is 0 Å². The van der Waals surface area contributed by atoms with Crippen molar-refractivity contribution in [3.63, 3.8) is 0 Å². The summed E-state index contributed by atoms with van der Waals surface area (Å²) in [5, 5.41) is 0. The van der Waals surface area contributed by atoms with Gasteiger partial charge in [0.1, 0.15) is 12.1 Å². The first-order valence-electron chi connectivity index (χ1n) is 5.74. The van der Waals surface area contributed by atoms with Crippen molar-refractivity contribution in [3.05, 3.63) is 30.1 Å². The number of para-hydroxylation sites is 2. The number of aldehydes is 1. The Morgan fingerprint density at radius 1 is 1.38 bits per heavy atom. The lowest BCUT2D eigenvalue weighted by atomic mass is 10.3. The maximum atomic E-state index is 10.5. The van der Waals surface area contributed by atoms with E-state index in [4.69, 9.17) is 0 Å². The van der Waals surface area contributed by atoms with Gasteiger partial charge in [-0.1, -0.05) is 19.1 Å². The van der Waals surface area contributed by atoms with Gasteiger partial charge in [-0.3, -0.25) is 0 Å². The fraction of sp³-hybridized carbons (Fsp3) is 0.385. The van der Waals surface area contributed by atoms with Gasteiger partial charge in [0.05, 0.1) is 11.0 Å². The highest BCUT2D eigenvalue weighted by molar-refractivity contribution is 5.76. The van der Waals surface area contributed by atoms with Gasteiger partial charge in [-0.25, -0.2) is 4.98 Å². The predicted octanol–water partition coefficient (Wildman–Crippen LogP) is 2.58. The van der Waals surface area contributed by atoms with E-state index in [2.05, 4.69) is 22.5 Å². The minimum absolute atomic E-state index is 0.553. The molecule has 16 heavy (non-hydrogen) atoms. The second-order valence-electron chi connectivity index (χ2n) is 3.87. The van der Waals surface area contributed by atoms with Crippen LogP contribution in [0, 0.1) is 0 Å². The van der Waals surface area contributed by atoms with Gasteiger partial charge in [0.15, 0.2) is 0 Å². The van der Waals surface area contributed by atoms with Crippen LogP contribution in [0.15, 0.2) is 24.3 Å². The molecule has 0 aliphatic rings. The number of aryl methyl sites for hydroxylation is 2. The highest BCUT2D eigenvalue weighted by Gasteiger charge is 2.08. The highest BCUT2D eigenvalue weighted by atomic mass is 16.1. The second kappa shape index (κ2) is 4.92. The molecule has 0 saturated heterocycles. The van der Waals surface area contributed by atoms with Gasteiger partial charge < -0.3 is 9.36 Å². The number of nitrogens with zero attached hydrogens (tertiary/aromatic N) is 2. The zero-order chi connectivity index (χ0) is 11.4. The summed E-state index contributed by atoms with van der Waals surface area (Å²) in [5.41, 5.74) is 2.16. The van der Waals surface area contributed by atoms with Gasteiger partial charge in [-0.05, 0) is 18.6 Å². The molecule has 1 aromatic heterocycles. The van der Waals surface area contributed by atoms with Crippen LogP contribution in [-0.4, -0.2) is 15.8 Å². The third-order valence-corrected chi connectivity index (χ3v) is 2.68. The molecule has 3 heteroatoms. The third-order valence-electron chi connectivity index (χ3n) is 2.68. The summed E-state index contributed by atoms with van der Waals surface area (Å²) >= 11 is 0. The number of hydrogen-bond acceptors (Lipinski definition) is 2. The lowest BCUT2D eigenvalue weighted by molar-refractivity contribution is -0.108. The number of hydrogen-bond donors (Lipinski definition) is 0. The van der Waals surface area contributed by atoms with E-state index in [0.29, 0.717) is 6.42 Å². The summed E-state index contributed by atoms with van der Waals surface area (Å²) in [6.45, 7) is 2.88. The quantitative estimate of drug-likeness (QED) is 0.720. The summed E-state index contributed by atoms with van der Waals surface area (Å²) in [4.78, 5) is 15.1. The topological polar surface area (TPSA) is 34.9 Å².